The SMILES string of the molecule is C=C(c1ccc(NC(C2CCCCC2)C2CCCCC2)cc1)c1ccc(OC)cc1. The lowest BCUT2D eigenvalue weighted by Crippen LogP contribution is -2.38. The van der Waals surface area contributed by atoms with Gasteiger partial charge >= 0.3 is 0 Å². The predicted molar refractivity (Wildman–Crippen MR) is 128 cm³/mol. The average molecular weight is 404 g/mol. The van der Waals surface area contributed by atoms with Gasteiger partial charge in [0.15, 0.2) is 0 Å². The van der Waals surface area contributed by atoms with Crippen molar-refractivity contribution in [3.63, 3.8) is 0 Å². The summed E-state index contributed by atoms with van der Waals surface area (Å²) in [6.07, 6.45) is 14.1. The number of nitrogens with one attached hydrogen (secondary N) is 1. The van der Waals surface area contributed by atoms with Gasteiger partial charge in [-0.15, -0.1) is 0 Å². The second-order valence-corrected chi connectivity index (χ2v) is 9.25. The zero-order valence-corrected chi connectivity index (χ0v) is 18.5. The van der Waals surface area contributed by atoms with Crippen molar-refractivity contribution in [2.75, 3.05) is 12.4 Å². The molecule has 0 amide bonds. The van der Waals surface area contributed by atoms with Gasteiger partial charge < -0.3 is 10.1 Å². The van der Waals surface area contributed by atoms with Gasteiger partial charge in [-0.1, -0.05) is 69.4 Å². The van der Waals surface area contributed by atoms with Crippen LogP contribution in [-0.4, -0.2) is 13.2 Å². The molecular formula is C28H37NO. The van der Waals surface area contributed by atoms with E-state index in [4.69, 9.17) is 4.74 Å². The summed E-state index contributed by atoms with van der Waals surface area (Å²) in [5.74, 6) is 2.56. The predicted octanol–water partition coefficient (Wildman–Crippen LogP) is 7.70. The molecule has 0 radical (unpaired) electrons. The molecule has 1 N–H and O–H groups in total. The van der Waals surface area contributed by atoms with Crippen LogP contribution in [0.15, 0.2) is 55.1 Å². The fraction of sp³-hybridized carbons (Fsp3) is 0.500. The third kappa shape index (κ3) is 5.09. The molecule has 0 spiro atoms. The van der Waals surface area contributed by atoms with Crippen molar-refractivity contribution in [1.29, 1.82) is 0 Å². The smallest absolute Gasteiger partial charge is 0.118 e. The summed E-state index contributed by atoms with van der Waals surface area (Å²) < 4.78 is 5.27. The van der Waals surface area contributed by atoms with E-state index in [9.17, 15) is 0 Å². The number of anilines is 1. The first kappa shape index (κ1) is 21.0. The standard InChI is InChI=1S/C28H37NO/c1-21(23-15-19-27(30-2)20-16-23)22-13-17-26(18-14-22)29-28(24-9-5-3-6-10-24)25-11-7-4-8-12-25/h13-20,24-25,28-29H,1,3-12H2,2H3. The summed E-state index contributed by atoms with van der Waals surface area (Å²) in [6, 6.07) is 17.7. The number of rotatable bonds is 7. The molecule has 2 aliphatic carbocycles. The molecule has 30 heavy (non-hydrogen) atoms. The lowest BCUT2D eigenvalue weighted by molar-refractivity contribution is 0.219. The Hall–Kier alpha value is -2.22. The molecule has 0 aromatic heterocycles. The molecule has 0 heterocycles. The van der Waals surface area contributed by atoms with E-state index < -0.39 is 0 Å². The highest BCUT2D eigenvalue weighted by Crippen LogP contribution is 2.37. The van der Waals surface area contributed by atoms with E-state index in [0.29, 0.717) is 6.04 Å². The van der Waals surface area contributed by atoms with E-state index in [1.807, 2.05) is 12.1 Å². The maximum atomic E-state index is 5.27. The van der Waals surface area contributed by atoms with E-state index in [1.54, 1.807) is 7.11 Å². The zero-order valence-electron chi connectivity index (χ0n) is 18.5. The molecule has 0 atom stereocenters. The van der Waals surface area contributed by atoms with Crippen molar-refractivity contribution < 1.29 is 4.74 Å². The lowest BCUT2D eigenvalue weighted by Gasteiger charge is -2.39. The van der Waals surface area contributed by atoms with E-state index in [1.165, 1.54) is 75.5 Å². The summed E-state index contributed by atoms with van der Waals surface area (Å²) in [7, 11) is 1.70. The van der Waals surface area contributed by atoms with Crippen LogP contribution in [-0.2, 0) is 0 Å². The molecule has 2 nitrogen and oxygen atoms in total. The van der Waals surface area contributed by atoms with Crippen LogP contribution in [0.3, 0.4) is 0 Å². The van der Waals surface area contributed by atoms with Crippen LogP contribution in [0.1, 0.15) is 75.3 Å². The monoisotopic (exact) mass is 403 g/mol. The van der Waals surface area contributed by atoms with Gasteiger partial charge in [0.05, 0.1) is 7.11 Å². The first-order valence-electron chi connectivity index (χ1n) is 11.9. The minimum atomic E-state index is 0.640. The normalized spacial score (nSPS) is 18.3. The quantitative estimate of drug-likeness (QED) is 0.511. The molecule has 2 fully saturated rings. The molecule has 4 rings (SSSR count). The number of hydrogen-bond donors (Lipinski definition) is 1. The Kier molecular flexibility index (Phi) is 7.15. The van der Waals surface area contributed by atoms with E-state index >= 15 is 0 Å². The molecule has 0 saturated heterocycles. The number of ether oxygens (including phenoxy) is 1. The summed E-state index contributed by atoms with van der Waals surface area (Å²) in [6.45, 7) is 4.33. The van der Waals surface area contributed by atoms with Crippen LogP contribution in [0, 0.1) is 11.8 Å². The Labute approximate surface area is 182 Å². The third-order valence-corrected chi connectivity index (χ3v) is 7.32. The third-order valence-electron chi connectivity index (χ3n) is 7.32. The molecule has 2 heteroatoms. The van der Waals surface area contributed by atoms with E-state index in [0.717, 1.165) is 28.7 Å². The average Bonchev–Trinajstić information content (AvgIpc) is 2.83. The van der Waals surface area contributed by atoms with Crippen molar-refractivity contribution >= 4 is 11.3 Å². The van der Waals surface area contributed by atoms with Gasteiger partial charge in [0, 0.05) is 11.7 Å². The van der Waals surface area contributed by atoms with Crippen molar-refractivity contribution in [2.45, 2.75) is 70.3 Å². The van der Waals surface area contributed by atoms with Crippen LogP contribution < -0.4 is 10.1 Å². The molecule has 160 valence electrons. The zero-order chi connectivity index (χ0) is 20.8. The van der Waals surface area contributed by atoms with Crippen LogP contribution in [0.5, 0.6) is 5.75 Å². The van der Waals surface area contributed by atoms with Gasteiger partial charge in [-0.2, -0.15) is 0 Å². The maximum Gasteiger partial charge on any atom is 0.118 e. The highest BCUT2D eigenvalue weighted by atomic mass is 16.5. The molecule has 0 aliphatic heterocycles. The summed E-state index contributed by atoms with van der Waals surface area (Å²) in [5.41, 5.74) is 4.64. The van der Waals surface area contributed by atoms with Crippen LogP contribution in [0.2, 0.25) is 0 Å². The Morgan fingerprint density at radius 3 is 1.70 bits per heavy atom. The second-order valence-electron chi connectivity index (χ2n) is 9.25. The van der Waals surface area contributed by atoms with Crippen molar-refractivity contribution in [1.82, 2.24) is 0 Å². The Balaban J connectivity index is 1.46. The molecule has 2 aromatic rings. The van der Waals surface area contributed by atoms with Gasteiger partial charge in [0.2, 0.25) is 0 Å². The minimum Gasteiger partial charge on any atom is -0.497 e. The minimum absolute atomic E-state index is 0.640. The van der Waals surface area contributed by atoms with Gasteiger partial charge in [0.25, 0.3) is 0 Å². The van der Waals surface area contributed by atoms with Crippen LogP contribution >= 0.6 is 0 Å². The largest absolute Gasteiger partial charge is 0.497 e. The topological polar surface area (TPSA) is 21.3 Å². The fourth-order valence-electron chi connectivity index (χ4n) is 5.53. The van der Waals surface area contributed by atoms with Gasteiger partial charge in [-0.05, 0) is 78.5 Å². The first-order valence-corrected chi connectivity index (χ1v) is 11.9. The number of hydrogen-bond acceptors (Lipinski definition) is 2. The Morgan fingerprint density at radius 1 is 0.767 bits per heavy atom. The Bertz CT molecular complexity index is 778. The second kappa shape index (κ2) is 10.2. The van der Waals surface area contributed by atoms with E-state index in [2.05, 4.69) is 48.3 Å². The van der Waals surface area contributed by atoms with Gasteiger partial charge in [0.1, 0.15) is 5.75 Å². The first-order chi connectivity index (χ1) is 14.7. The molecule has 0 unspecified atom stereocenters. The van der Waals surface area contributed by atoms with E-state index in [-0.39, 0.29) is 0 Å². The van der Waals surface area contributed by atoms with Crippen molar-refractivity contribution in [2.24, 2.45) is 11.8 Å². The summed E-state index contributed by atoms with van der Waals surface area (Å²) in [5, 5.41) is 3.99. The lowest BCUT2D eigenvalue weighted by atomic mass is 9.73. The highest BCUT2D eigenvalue weighted by Gasteiger charge is 2.31. The van der Waals surface area contributed by atoms with Crippen molar-refractivity contribution in [3.05, 3.63) is 66.2 Å². The molecular weight excluding hydrogens is 366 g/mol. The summed E-state index contributed by atoms with van der Waals surface area (Å²) in [4.78, 5) is 0. The van der Waals surface area contributed by atoms with Gasteiger partial charge in [-0.25, -0.2) is 0 Å². The van der Waals surface area contributed by atoms with Crippen LogP contribution in [0.4, 0.5) is 5.69 Å². The van der Waals surface area contributed by atoms with Crippen molar-refractivity contribution in [3.8, 4) is 5.75 Å². The number of methoxy groups -OCH3 is 1. The number of benzene rings is 2. The fourth-order valence-corrected chi connectivity index (χ4v) is 5.53. The maximum absolute atomic E-state index is 5.27. The molecule has 2 saturated carbocycles. The Morgan fingerprint density at radius 2 is 1.23 bits per heavy atom. The van der Waals surface area contributed by atoms with Gasteiger partial charge in [-0.3, -0.25) is 0 Å². The molecule has 2 aromatic carbocycles. The molecule has 2 aliphatic rings. The van der Waals surface area contributed by atoms with Crippen LogP contribution in [0.25, 0.3) is 5.57 Å². The highest BCUT2D eigenvalue weighted by molar-refractivity contribution is 5.78. The summed E-state index contributed by atoms with van der Waals surface area (Å²) >= 11 is 0. The molecule has 0 bridgehead atoms.